The van der Waals surface area contributed by atoms with Crippen LogP contribution in [0.4, 0.5) is 10.1 Å². The number of pyridine rings is 2. The van der Waals surface area contributed by atoms with Crippen molar-refractivity contribution < 1.29 is 17.6 Å². The van der Waals surface area contributed by atoms with Gasteiger partial charge >= 0.3 is 0 Å². The number of nitrogens with one attached hydrogen (secondary N) is 3. The van der Waals surface area contributed by atoms with Gasteiger partial charge in [0.05, 0.1) is 35.0 Å². The number of H-pyrrole nitrogens is 2. The molecule has 10 nitrogen and oxygen atoms in total. The van der Waals surface area contributed by atoms with Crippen LogP contribution in [0.25, 0.3) is 55.6 Å². The van der Waals surface area contributed by atoms with E-state index in [2.05, 4.69) is 30.5 Å². The van der Waals surface area contributed by atoms with Crippen molar-refractivity contribution in [1.82, 2.24) is 25.1 Å². The van der Waals surface area contributed by atoms with E-state index in [0.717, 1.165) is 39.7 Å². The summed E-state index contributed by atoms with van der Waals surface area (Å²) in [4.78, 5) is 24.8. The first-order valence-electron chi connectivity index (χ1n) is 13.8. The van der Waals surface area contributed by atoms with E-state index in [0.29, 0.717) is 33.9 Å². The largest absolute Gasteiger partial charge is 0.353 e. The highest BCUT2D eigenvalue weighted by Crippen LogP contribution is 2.36. The van der Waals surface area contributed by atoms with Crippen LogP contribution in [0.15, 0.2) is 73.2 Å². The number of aromatic amines is 2. The number of amides is 1. The minimum absolute atomic E-state index is 0.122. The molecule has 4 aromatic heterocycles. The molecule has 44 heavy (non-hydrogen) atoms. The van der Waals surface area contributed by atoms with Crippen LogP contribution in [-0.4, -0.2) is 45.7 Å². The molecule has 0 aliphatic heterocycles. The molecular formula is C32H30FN7O3S. The summed E-state index contributed by atoms with van der Waals surface area (Å²) in [6.45, 7) is 5.52. The summed E-state index contributed by atoms with van der Waals surface area (Å²) in [7, 11) is -3.63. The fourth-order valence-electron chi connectivity index (χ4n) is 4.96. The van der Waals surface area contributed by atoms with E-state index in [-0.39, 0.29) is 11.5 Å². The van der Waals surface area contributed by atoms with Crippen molar-refractivity contribution in [3.05, 3.63) is 84.6 Å². The SMILES string of the molecule is CC(C)(C)C(=O)Nc1cncc(-c2cc3c(-c4cc5c(-c6cc(F)cc(C(N)S(C)(=O)=O)c6)cccc5[nH]4)n[nH]c3cn2)c1. The summed E-state index contributed by atoms with van der Waals surface area (Å²) in [5.74, 6) is -0.706. The number of carbonyl (C=O) groups is 1. The van der Waals surface area contributed by atoms with Gasteiger partial charge in [0.2, 0.25) is 5.91 Å². The van der Waals surface area contributed by atoms with Crippen molar-refractivity contribution in [2.24, 2.45) is 11.1 Å². The van der Waals surface area contributed by atoms with Gasteiger partial charge in [0.15, 0.2) is 9.84 Å². The Hall–Kier alpha value is -4.94. The second kappa shape index (κ2) is 10.6. The average molecular weight is 612 g/mol. The van der Waals surface area contributed by atoms with Crippen molar-refractivity contribution in [3.63, 3.8) is 0 Å². The molecule has 1 unspecified atom stereocenters. The Morgan fingerprint density at radius 3 is 2.52 bits per heavy atom. The third-order valence-electron chi connectivity index (χ3n) is 7.36. The van der Waals surface area contributed by atoms with E-state index in [1.165, 1.54) is 6.07 Å². The van der Waals surface area contributed by atoms with Gasteiger partial charge < -0.3 is 16.0 Å². The molecular weight excluding hydrogens is 581 g/mol. The normalized spacial score (nSPS) is 13.0. The van der Waals surface area contributed by atoms with E-state index in [1.807, 2.05) is 57.2 Å². The zero-order valence-corrected chi connectivity index (χ0v) is 25.3. The molecule has 0 saturated heterocycles. The highest BCUT2D eigenvalue weighted by Gasteiger charge is 2.22. The Bertz CT molecular complexity index is 2180. The third-order valence-corrected chi connectivity index (χ3v) is 8.56. The van der Waals surface area contributed by atoms with Crippen LogP contribution in [0.3, 0.4) is 0 Å². The molecule has 12 heteroatoms. The first-order chi connectivity index (χ1) is 20.8. The molecule has 6 aromatic rings. The molecule has 1 amide bonds. The number of anilines is 1. The number of aromatic nitrogens is 5. The molecule has 2 aromatic carbocycles. The standard InChI is InChI=1S/C32H30FN7O3S/c1-32(2,3)31(41)37-21-11-19(14-35-15-21)26-13-24-28(16-36-26)39-40-29(24)27-12-23-22(6-5-7-25(23)38-27)17-8-18(10-20(33)9-17)30(34)44(4,42)43/h5-16,30,38H,34H2,1-4H3,(H,37,41)(H,39,40). The van der Waals surface area contributed by atoms with Crippen molar-refractivity contribution in [2.45, 2.75) is 26.1 Å². The fourth-order valence-corrected chi connectivity index (χ4v) is 5.59. The number of sulfone groups is 1. The molecule has 0 aliphatic carbocycles. The molecule has 1 atom stereocenters. The van der Waals surface area contributed by atoms with Crippen LogP contribution in [-0.2, 0) is 14.6 Å². The number of hydrogen-bond acceptors (Lipinski definition) is 7. The number of carbonyl (C=O) groups excluding carboxylic acids is 1. The molecule has 224 valence electrons. The molecule has 0 aliphatic rings. The van der Waals surface area contributed by atoms with E-state index >= 15 is 0 Å². The lowest BCUT2D eigenvalue weighted by Crippen LogP contribution is -2.27. The predicted molar refractivity (Wildman–Crippen MR) is 170 cm³/mol. The van der Waals surface area contributed by atoms with Crippen LogP contribution in [0.2, 0.25) is 0 Å². The lowest BCUT2D eigenvalue weighted by molar-refractivity contribution is -0.123. The Balaban J connectivity index is 1.40. The van der Waals surface area contributed by atoms with Crippen LogP contribution < -0.4 is 11.1 Å². The van der Waals surface area contributed by atoms with E-state index in [1.54, 1.807) is 24.7 Å². The second-order valence-corrected chi connectivity index (χ2v) is 14.0. The summed E-state index contributed by atoms with van der Waals surface area (Å²) in [6.07, 6.45) is 5.98. The third kappa shape index (κ3) is 5.56. The van der Waals surface area contributed by atoms with E-state index in [4.69, 9.17) is 5.73 Å². The van der Waals surface area contributed by atoms with Gasteiger partial charge in [-0.25, -0.2) is 12.8 Å². The zero-order chi connectivity index (χ0) is 31.4. The predicted octanol–water partition coefficient (Wildman–Crippen LogP) is 5.96. The van der Waals surface area contributed by atoms with E-state index < -0.39 is 26.4 Å². The lowest BCUT2D eigenvalue weighted by Gasteiger charge is -2.17. The number of hydrogen-bond donors (Lipinski definition) is 4. The van der Waals surface area contributed by atoms with Gasteiger partial charge in [0.1, 0.15) is 16.9 Å². The van der Waals surface area contributed by atoms with Gasteiger partial charge in [-0.05, 0) is 59.2 Å². The highest BCUT2D eigenvalue weighted by atomic mass is 32.2. The molecule has 0 fully saturated rings. The Kier molecular flexibility index (Phi) is 7.05. The van der Waals surface area contributed by atoms with Crippen LogP contribution in [0.5, 0.6) is 0 Å². The number of fused-ring (bicyclic) bond motifs is 2. The Morgan fingerprint density at radius 1 is 0.977 bits per heavy atom. The summed E-state index contributed by atoms with van der Waals surface area (Å²) < 4.78 is 38.8. The van der Waals surface area contributed by atoms with Crippen LogP contribution in [0.1, 0.15) is 31.7 Å². The summed E-state index contributed by atoms with van der Waals surface area (Å²) in [6, 6.07) is 15.3. The smallest absolute Gasteiger partial charge is 0.229 e. The molecule has 0 spiro atoms. The maximum absolute atomic E-state index is 14.7. The van der Waals surface area contributed by atoms with Crippen molar-refractivity contribution in [1.29, 1.82) is 0 Å². The fraction of sp³-hybridized carbons (Fsp3) is 0.188. The van der Waals surface area contributed by atoms with Crippen molar-refractivity contribution >= 4 is 43.2 Å². The topological polar surface area (TPSA) is 160 Å². The maximum atomic E-state index is 14.7. The molecule has 0 saturated carbocycles. The highest BCUT2D eigenvalue weighted by molar-refractivity contribution is 7.90. The van der Waals surface area contributed by atoms with Crippen molar-refractivity contribution in [3.8, 4) is 33.8 Å². The quantitative estimate of drug-likeness (QED) is 0.181. The minimum atomic E-state index is -3.63. The number of benzene rings is 2. The van der Waals surface area contributed by atoms with Crippen LogP contribution >= 0.6 is 0 Å². The average Bonchev–Trinajstić information content (AvgIpc) is 3.59. The monoisotopic (exact) mass is 611 g/mol. The number of nitrogens with zero attached hydrogens (tertiary/aromatic N) is 3. The zero-order valence-electron chi connectivity index (χ0n) is 24.4. The Morgan fingerprint density at radius 2 is 1.77 bits per heavy atom. The van der Waals surface area contributed by atoms with Gasteiger partial charge in [-0.15, -0.1) is 0 Å². The molecule has 6 rings (SSSR count). The molecule has 4 heterocycles. The van der Waals surface area contributed by atoms with Gasteiger partial charge in [-0.2, -0.15) is 5.10 Å². The summed E-state index contributed by atoms with van der Waals surface area (Å²) in [5.41, 5.74) is 11.5. The second-order valence-electron chi connectivity index (χ2n) is 11.8. The molecule has 0 radical (unpaired) electrons. The maximum Gasteiger partial charge on any atom is 0.229 e. The number of rotatable bonds is 6. The number of halogens is 1. The number of nitrogens with two attached hydrogens (primary N) is 1. The summed E-state index contributed by atoms with van der Waals surface area (Å²) >= 11 is 0. The van der Waals surface area contributed by atoms with E-state index in [9.17, 15) is 17.6 Å². The van der Waals surface area contributed by atoms with Gasteiger partial charge in [0, 0.05) is 39.7 Å². The lowest BCUT2D eigenvalue weighted by atomic mass is 9.95. The van der Waals surface area contributed by atoms with Crippen molar-refractivity contribution in [2.75, 3.05) is 11.6 Å². The Labute approximate surface area is 252 Å². The first kappa shape index (κ1) is 29.1. The van der Waals surface area contributed by atoms with Crippen LogP contribution in [0, 0.1) is 11.2 Å². The van der Waals surface area contributed by atoms with Gasteiger partial charge in [0.25, 0.3) is 0 Å². The minimum Gasteiger partial charge on any atom is -0.353 e. The first-order valence-corrected chi connectivity index (χ1v) is 15.7. The van der Waals surface area contributed by atoms with Gasteiger partial charge in [-0.3, -0.25) is 19.9 Å². The molecule has 5 N–H and O–H groups in total. The molecule has 0 bridgehead atoms. The van der Waals surface area contributed by atoms with Gasteiger partial charge in [-0.1, -0.05) is 32.9 Å². The summed E-state index contributed by atoms with van der Waals surface area (Å²) in [5, 5.41) is 10.7.